The van der Waals surface area contributed by atoms with Crippen molar-refractivity contribution < 1.29 is 18.6 Å². The van der Waals surface area contributed by atoms with Crippen LogP contribution in [-0.4, -0.2) is 28.8 Å². The zero-order valence-corrected chi connectivity index (χ0v) is 16.8. The standard InChI is InChI=1S/C22H22FN3O3/c1-5-8-26-13(2)9-15-17(26)6-7-18(21(15)23)29-22-14-10-19(27-3)20(28-4)11-16(14)24-12-25-22/h6-7,9-12H,5,8H2,1-4H3. The van der Waals surface area contributed by atoms with E-state index in [0.717, 1.165) is 24.2 Å². The fourth-order valence-electron chi connectivity index (χ4n) is 3.56. The number of aromatic nitrogens is 3. The minimum absolute atomic E-state index is 0.112. The smallest absolute Gasteiger partial charge is 0.230 e. The number of hydrogen-bond donors (Lipinski definition) is 0. The van der Waals surface area contributed by atoms with Gasteiger partial charge in [-0.25, -0.2) is 14.4 Å². The highest BCUT2D eigenvalue weighted by Gasteiger charge is 2.17. The van der Waals surface area contributed by atoms with Crippen LogP contribution in [0.1, 0.15) is 19.0 Å². The largest absolute Gasteiger partial charge is 0.493 e. The van der Waals surface area contributed by atoms with E-state index in [1.165, 1.54) is 6.33 Å². The fraction of sp³-hybridized carbons (Fsp3) is 0.273. The van der Waals surface area contributed by atoms with Crippen LogP contribution in [-0.2, 0) is 6.54 Å². The molecule has 0 amide bonds. The fourth-order valence-corrected chi connectivity index (χ4v) is 3.56. The third-order valence-corrected chi connectivity index (χ3v) is 4.95. The zero-order valence-electron chi connectivity index (χ0n) is 16.8. The number of ether oxygens (including phenoxy) is 3. The maximum absolute atomic E-state index is 15.2. The summed E-state index contributed by atoms with van der Waals surface area (Å²) in [5, 5.41) is 1.13. The lowest BCUT2D eigenvalue weighted by Crippen LogP contribution is -1.99. The van der Waals surface area contributed by atoms with Crippen molar-refractivity contribution in [3.05, 3.63) is 48.2 Å². The van der Waals surface area contributed by atoms with Gasteiger partial charge in [-0.05, 0) is 37.6 Å². The molecule has 4 aromatic rings. The van der Waals surface area contributed by atoms with Crippen LogP contribution in [0.2, 0.25) is 0 Å². The number of benzene rings is 2. The first kappa shape index (κ1) is 19.0. The van der Waals surface area contributed by atoms with Gasteiger partial charge < -0.3 is 18.8 Å². The number of aryl methyl sites for hydroxylation is 2. The molecule has 0 radical (unpaired) electrons. The van der Waals surface area contributed by atoms with E-state index in [2.05, 4.69) is 21.5 Å². The van der Waals surface area contributed by atoms with Gasteiger partial charge in [0.25, 0.3) is 0 Å². The van der Waals surface area contributed by atoms with E-state index in [1.54, 1.807) is 32.4 Å². The predicted molar refractivity (Wildman–Crippen MR) is 110 cm³/mol. The lowest BCUT2D eigenvalue weighted by molar-refractivity contribution is 0.355. The van der Waals surface area contributed by atoms with Gasteiger partial charge >= 0.3 is 0 Å². The second-order valence-electron chi connectivity index (χ2n) is 6.75. The maximum Gasteiger partial charge on any atom is 0.230 e. The Morgan fingerprint density at radius 3 is 2.45 bits per heavy atom. The van der Waals surface area contributed by atoms with Crippen LogP contribution in [0.5, 0.6) is 23.1 Å². The Bertz CT molecular complexity index is 1200. The van der Waals surface area contributed by atoms with Gasteiger partial charge in [0, 0.05) is 23.7 Å². The first-order chi connectivity index (χ1) is 14.1. The molecule has 2 aromatic heterocycles. The molecule has 0 aliphatic rings. The Kier molecular flexibility index (Phi) is 4.96. The third kappa shape index (κ3) is 3.22. The van der Waals surface area contributed by atoms with Crippen molar-refractivity contribution in [1.82, 2.24) is 14.5 Å². The Morgan fingerprint density at radius 2 is 1.72 bits per heavy atom. The van der Waals surface area contributed by atoms with Gasteiger partial charge in [-0.2, -0.15) is 0 Å². The van der Waals surface area contributed by atoms with E-state index in [0.29, 0.717) is 27.8 Å². The van der Waals surface area contributed by atoms with Gasteiger partial charge in [0.1, 0.15) is 6.33 Å². The molecule has 0 saturated carbocycles. The molecule has 0 N–H and O–H groups in total. The summed E-state index contributed by atoms with van der Waals surface area (Å²) in [6, 6.07) is 8.82. The highest BCUT2D eigenvalue weighted by atomic mass is 19.1. The van der Waals surface area contributed by atoms with Crippen molar-refractivity contribution >= 4 is 21.8 Å². The topological polar surface area (TPSA) is 58.4 Å². The summed E-state index contributed by atoms with van der Waals surface area (Å²) in [5.41, 5.74) is 2.48. The molecule has 0 aliphatic heterocycles. The summed E-state index contributed by atoms with van der Waals surface area (Å²) < 4.78 is 33.9. The molecular weight excluding hydrogens is 373 g/mol. The molecule has 2 heterocycles. The van der Waals surface area contributed by atoms with Crippen LogP contribution < -0.4 is 14.2 Å². The first-order valence-electron chi connectivity index (χ1n) is 9.40. The lowest BCUT2D eigenvalue weighted by Gasteiger charge is -2.12. The normalized spacial score (nSPS) is 11.2. The van der Waals surface area contributed by atoms with Crippen LogP contribution in [0, 0.1) is 12.7 Å². The van der Waals surface area contributed by atoms with E-state index in [1.807, 2.05) is 19.1 Å². The molecule has 0 spiro atoms. The summed E-state index contributed by atoms with van der Waals surface area (Å²) >= 11 is 0. The highest BCUT2D eigenvalue weighted by Crippen LogP contribution is 2.37. The summed E-state index contributed by atoms with van der Waals surface area (Å²) in [5.74, 6) is 1.01. The molecule has 0 fully saturated rings. The van der Waals surface area contributed by atoms with E-state index in [9.17, 15) is 0 Å². The molecular formula is C22H22FN3O3. The third-order valence-electron chi connectivity index (χ3n) is 4.95. The number of rotatable bonds is 6. The Morgan fingerprint density at radius 1 is 0.966 bits per heavy atom. The Balaban J connectivity index is 1.80. The van der Waals surface area contributed by atoms with Gasteiger partial charge in [0.05, 0.1) is 30.6 Å². The monoisotopic (exact) mass is 395 g/mol. The molecule has 0 unspecified atom stereocenters. The number of halogens is 1. The molecule has 7 heteroatoms. The average Bonchev–Trinajstić information content (AvgIpc) is 3.05. The summed E-state index contributed by atoms with van der Waals surface area (Å²) in [7, 11) is 3.10. The van der Waals surface area contributed by atoms with Gasteiger partial charge in [0.2, 0.25) is 5.88 Å². The number of fused-ring (bicyclic) bond motifs is 2. The van der Waals surface area contributed by atoms with E-state index in [-0.39, 0.29) is 11.6 Å². The van der Waals surface area contributed by atoms with Crippen molar-refractivity contribution in [1.29, 1.82) is 0 Å². The minimum Gasteiger partial charge on any atom is -0.493 e. The second-order valence-corrected chi connectivity index (χ2v) is 6.75. The minimum atomic E-state index is -0.410. The van der Waals surface area contributed by atoms with E-state index in [4.69, 9.17) is 14.2 Å². The summed E-state index contributed by atoms with van der Waals surface area (Å²) in [6.07, 6.45) is 2.35. The molecule has 4 rings (SSSR count). The van der Waals surface area contributed by atoms with Crippen molar-refractivity contribution in [3.63, 3.8) is 0 Å². The van der Waals surface area contributed by atoms with Gasteiger partial charge in [-0.15, -0.1) is 0 Å². The number of hydrogen-bond acceptors (Lipinski definition) is 5. The summed E-state index contributed by atoms with van der Waals surface area (Å²) in [6.45, 7) is 4.92. The lowest BCUT2D eigenvalue weighted by atomic mass is 10.2. The molecule has 2 aromatic carbocycles. The van der Waals surface area contributed by atoms with Gasteiger partial charge in [-0.1, -0.05) is 6.92 Å². The molecule has 0 saturated heterocycles. The van der Waals surface area contributed by atoms with Crippen LogP contribution in [0.25, 0.3) is 21.8 Å². The van der Waals surface area contributed by atoms with E-state index < -0.39 is 5.82 Å². The van der Waals surface area contributed by atoms with Crippen LogP contribution in [0.3, 0.4) is 0 Å². The van der Waals surface area contributed by atoms with Crippen molar-refractivity contribution in [2.75, 3.05) is 14.2 Å². The predicted octanol–water partition coefficient (Wildman–Crippen LogP) is 5.25. The maximum atomic E-state index is 15.2. The van der Waals surface area contributed by atoms with E-state index >= 15 is 4.39 Å². The molecule has 0 aliphatic carbocycles. The Hall–Kier alpha value is -3.35. The quantitative estimate of drug-likeness (QED) is 0.446. The van der Waals surface area contributed by atoms with Crippen LogP contribution in [0.4, 0.5) is 4.39 Å². The highest BCUT2D eigenvalue weighted by molar-refractivity contribution is 5.87. The van der Waals surface area contributed by atoms with Crippen LogP contribution >= 0.6 is 0 Å². The van der Waals surface area contributed by atoms with Crippen molar-refractivity contribution in [2.24, 2.45) is 0 Å². The molecule has 150 valence electrons. The molecule has 29 heavy (non-hydrogen) atoms. The first-order valence-corrected chi connectivity index (χ1v) is 9.40. The number of nitrogens with zero attached hydrogens (tertiary/aromatic N) is 3. The summed E-state index contributed by atoms with van der Waals surface area (Å²) in [4.78, 5) is 8.46. The SMILES string of the molecule is CCCn1c(C)cc2c(F)c(Oc3ncnc4cc(OC)c(OC)cc34)ccc21. The molecule has 0 bridgehead atoms. The zero-order chi connectivity index (χ0) is 20.5. The van der Waals surface area contributed by atoms with Crippen molar-refractivity contribution in [3.8, 4) is 23.1 Å². The van der Waals surface area contributed by atoms with Crippen LogP contribution in [0.15, 0.2) is 36.7 Å². The molecule has 6 nitrogen and oxygen atoms in total. The van der Waals surface area contributed by atoms with Gasteiger partial charge in [-0.3, -0.25) is 0 Å². The average molecular weight is 395 g/mol. The second kappa shape index (κ2) is 7.58. The van der Waals surface area contributed by atoms with Crippen molar-refractivity contribution in [2.45, 2.75) is 26.8 Å². The molecule has 0 atom stereocenters. The van der Waals surface area contributed by atoms with Gasteiger partial charge in [0.15, 0.2) is 23.1 Å². The Labute approximate surface area is 167 Å². The number of methoxy groups -OCH3 is 2.